The molecule has 0 saturated heterocycles. The van der Waals surface area contributed by atoms with Crippen LogP contribution in [-0.4, -0.2) is 11.9 Å². The van der Waals surface area contributed by atoms with Crippen molar-refractivity contribution in [3.63, 3.8) is 0 Å². The second-order valence-electron chi connectivity index (χ2n) is 1.49. The molecule has 0 amide bonds. The summed E-state index contributed by atoms with van der Waals surface area (Å²) >= 11 is 19.4. The molecule has 0 unspecified atom stereocenters. The summed E-state index contributed by atoms with van der Waals surface area (Å²) < 4.78 is 0. The molecule has 15 heavy (non-hydrogen) atoms. The fraction of sp³-hybridized carbons (Fsp3) is 0. The van der Waals surface area contributed by atoms with Gasteiger partial charge in [-0.15, -0.1) is 0 Å². The van der Waals surface area contributed by atoms with Gasteiger partial charge in [-0.05, 0) is 0 Å². The predicted octanol–water partition coefficient (Wildman–Crippen LogP) is 0.108. The van der Waals surface area contributed by atoms with Crippen LogP contribution < -0.4 is 10.2 Å². The average Bonchev–Trinajstić information content (AvgIpc) is 2.15. The van der Waals surface area contributed by atoms with Crippen molar-refractivity contribution in [3.8, 4) is 0 Å². The van der Waals surface area contributed by atoms with Gasteiger partial charge in [-0.3, -0.25) is 0 Å². The van der Waals surface area contributed by atoms with Gasteiger partial charge in [0.1, 0.15) is 0 Å². The Labute approximate surface area is 126 Å². The molecule has 0 aromatic carbocycles. The Morgan fingerprint density at radius 3 is 1.07 bits per heavy atom. The van der Waals surface area contributed by atoms with Crippen molar-refractivity contribution in [2.75, 3.05) is 0 Å². The SMILES string of the molecule is O=C([O-])/C(Cl)=C/Cl.O=C([O-])/C(Cl)=C/Cl.[Hg+2]. The first-order valence-electron chi connectivity index (χ1n) is 2.71. The van der Waals surface area contributed by atoms with Crippen LogP contribution in [0.2, 0.25) is 0 Å². The number of hydrogen-bond acceptors (Lipinski definition) is 4. The first-order valence-corrected chi connectivity index (χ1v) is 4.34. The number of carboxylic acid groups (broad SMARTS) is 2. The van der Waals surface area contributed by atoms with E-state index in [-0.39, 0.29) is 27.7 Å². The smallest absolute Gasteiger partial charge is 0.544 e. The van der Waals surface area contributed by atoms with Gasteiger partial charge in [0.15, 0.2) is 0 Å². The third-order valence-corrected chi connectivity index (χ3v) is 1.77. The second kappa shape index (κ2) is 12.6. The van der Waals surface area contributed by atoms with E-state index < -0.39 is 22.0 Å². The third-order valence-electron chi connectivity index (χ3n) is 0.582. The standard InChI is InChI=1S/2C3H2Cl2O2.Hg/c2*4-1-2(5)3(6)7;/h2*1H,(H,6,7);/q;;+2/p-2/b2*2-1-;. The van der Waals surface area contributed by atoms with Crippen molar-refractivity contribution >= 4 is 58.3 Å². The molecule has 0 heterocycles. The molecule has 0 aliphatic heterocycles. The van der Waals surface area contributed by atoms with Crippen LogP contribution in [0, 0.1) is 0 Å². The number of carbonyl (C=O) groups is 2. The van der Waals surface area contributed by atoms with Crippen LogP contribution in [-0.2, 0) is 37.3 Å². The molecule has 0 spiro atoms. The van der Waals surface area contributed by atoms with E-state index in [1.165, 1.54) is 0 Å². The molecule has 80 valence electrons. The molecular weight excluding hydrogens is 478 g/mol. The first kappa shape index (κ1) is 20.9. The van der Waals surface area contributed by atoms with Gasteiger partial charge in [-0.2, -0.15) is 0 Å². The Morgan fingerprint density at radius 1 is 0.867 bits per heavy atom. The van der Waals surface area contributed by atoms with Gasteiger partial charge in [0.05, 0.1) is 22.0 Å². The summed E-state index contributed by atoms with van der Waals surface area (Å²) in [6.07, 6.45) is 0. The molecule has 0 fully saturated rings. The molecule has 0 aliphatic rings. The largest absolute Gasteiger partial charge is 2.00 e. The summed E-state index contributed by atoms with van der Waals surface area (Å²) in [5.74, 6) is -2.92. The van der Waals surface area contributed by atoms with E-state index in [0.717, 1.165) is 11.1 Å². The third kappa shape index (κ3) is 14.5. The number of halogens is 4. The fourth-order valence-corrected chi connectivity index (χ4v) is 0.267. The molecule has 0 atom stereocenters. The maximum atomic E-state index is 9.53. The van der Waals surface area contributed by atoms with E-state index in [4.69, 9.17) is 46.4 Å². The molecule has 4 nitrogen and oxygen atoms in total. The van der Waals surface area contributed by atoms with E-state index in [0.29, 0.717) is 0 Å². The van der Waals surface area contributed by atoms with E-state index >= 15 is 0 Å². The number of carbonyl (C=O) groups excluding carboxylic acids is 2. The van der Waals surface area contributed by atoms with Crippen LogP contribution in [0.1, 0.15) is 0 Å². The van der Waals surface area contributed by atoms with Crippen molar-refractivity contribution in [1.82, 2.24) is 0 Å². The zero-order valence-electron chi connectivity index (χ0n) is 7.01. The van der Waals surface area contributed by atoms with Crippen LogP contribution in [0.3, 0.4) is 0 Å². The van der Waals surface area contributed by atoms with Gasteiger partial charge >= 0.3 is 27.7 Å². The van der Waals surface area contributed by atoms with Crippen molar-refractivity contribution in [2.24, 2.45) is 0 Å². The summed E-state index contributed by atoms with van der Waals surface area (Å²) in [5.41, 5.74) is 1.47. The molecule has 0 aromatic rings. The number of carboxylic acids is 2. The molecule has 9 heteroatoms. The number of rotatable bonds is 2. The first-order chi connectivity index (χ1) is 6.36. The minimum absolute atomic E-state index is 0. The zero-order chi connectivity index (χ0) is 11.7. The van der Waals surface area contributed by atoms with Crippen molar-refractivity contribution in [2.45, 2.75) is 0 Å². The van der Waals surface area contributed by atoms with Gasteiger partial charge in [-0.1, -0.05) is 46.4 Å². The fourth-order valence-electron chi connectivity index (χ4n) is 0.0891. The average molecular weight is 480 g/mol. The van der Waals surface area contributed by atoms with Crippen LogP contribution in [0.25, 0.3) is 0 Å². The minimum atomic E-state index is -1.46. The molecular formula is C6H2Cl4HgO4. The van der Waals surface area contributed by atoms with Gasteiger partial charge in [0, 0.05) is 11.1 Å². The number of aliphatic carboxylic acids is 2. The Kier molecular flexibility index (Phi) is 17.5. The molecule has 0 N–H and O–H groups in total. The number of hydrogen-bond donors (Lipinski definition) is 0. The van der Waals surface area contributed by atoms with Crippen LogP contribution >= 0.6 is 46.4 Å². The van der Waals surface area contributed by atoms with Gasteiger partial charge in [0.25, 0.3) is 0 Å². The van der Waals surface area contributed by atoms with E-state index in [9.17, 15) is 19.8 Å². The Hall–Kier alpha value is 0.515. The maximum Gasteiger partial charge on any atom is 2.00 e. The molecule has 0 aromatic heterocycles. The minimum Gasteiger partial charge on any atom is -0.544 e. The molecule has 0 saturated carbocycles. The summed E-state index contributed by atoms with van der Waals surface area (Å²) in [5, 5.41) is 18.1. The Morgan fingerprint density at radius 2 is 1.07 bits per heavy atom. The summed E-state index contributed by atoms with van der Waals surface area (Å²) in [4.78, 5) is 19.1. The monoisotopic (exact) mass is 480 g/mol. The van der Waals surface area contributed by atoms with E-state index in [1.54, 1.807) is 0 Å². The molecule has 0 rings (SSSR count). The van der Waals surface area contributed by atoms with Gasteiger partial charge < -0.3 is 19.8 Å². The van der Waals surface area contributed by atoms with Crippen LogP contribution in [0.5, 0.6) is 0 Å². The zero-order valence-corrected chi connectivity index (χ0v) is 15.5. The molecule has 0 aliphatic carbocycles. The van der Waals surface area contributed by atoms with Crippen LogP contribution in [0.4, 0.5) is 0 Å². The predicted molar refractivity (Wildman–Crippen MR) is 49.6 cm³/mol. The van der Waals surface area contributed by atoms with E-state index in [2.05, 4.69) is 0 Å². The topological polar surface area (TPSA) is 80.3 Å². The molecule has 0 bridgehead atoms. The van der Waals surface area contributed by atoms with Crippen LogP contribution in [0.15, 0.2) is 21.1 Å². The van der Waals surface area contributed by atoms with Crippen molar-refractivity contribution in [3.05, 3.63) is 21.1 Å². The molecule has 0 radical (unpaired) electrons. The second-order valence-corrected chi connectivity index (χ2v) is 2.74. The van der Waals surface area contributed by atoms with Crippen molar-refractivity contribution in [1.29, 1.82) is 0 Å². The van der Waals surface area contributed by atoms with Crippen molar-refractivity contribution < 1.29 is 47.5 Å². The summed E-state index contributed by atoms with van der Waals surface area (Å²) in [6, 6.07) is 0. The van der Waals surface area contributed by atoms with Gasteiger partial charge in [-0.25, -0.2) is 0 Å². The Bertz CT molecular complexity index is 248. The normalized spacial score (nSPS) is 10.7. The summed E-state index contributed by atoms with van der Waals surface area (Å²) in [6.45, 7) is 0. The Balaban J connectivity index is -0.000000180. The van der Waals surface area contributed by atoms with Gasteiger partial charge in [0.2, 0.25) is 0 Å². The van der Waals surface area contributed by atoms with E-state index in [1.807, 2.05) is 0 Å². The summed E-state index contributed by atoms with van der Waals surface area (Å²) in [7, 11) is 0. The maximum absolute atomic E-state index is 9.53. The quantitative estimate of drug-likeness (QED) is 0.415.